The molecule has 2 nitrogen and oxygen atoms in total. The van der Waals surface area contributed by atoms with E-state index >= 15 is 0 Å². The molecule has 4 heteroatoms. The molecule has 3 rings (SSSR count). The second-order valence-corrected chi connectivity index (χ2v) is 7.10. The van der Waals surface area contributed by atoms with Crippen LogP contribution in [0.3, 0.4) is 0 Å². The van der Waals surface area contributed by atoms with Gasteiger partial charge in [0, 0.05) is 23.2 Å². The number of halogens is 2. The Balaban J connectivity index is 1.74. The summed E-state index contributed by atoms with van der Waals surface area (Å²) < 4.78 is 14.1. The number of nitrogens with two attached hydrogens (primary N) is 1. The van der Waals surface area contributed by atoms with Crippen LogP contribution < -0.4 is 5.73 Å². The van der Waals surface area contributed by atoms with Crippen LogP contribution in [0.25, 0.3) is 0 Å². The van der Waals surface area contributed by atoms with Gasteiger partial charge < -0.3 is 5.73 Å². The third kappa shape index (κ3) is 3.10. The molecule has 0 radical (unpaired) electrons. The molecule has 21 heavy (non-hydrogen) atoms. The summed E-state index contributed by atoms with van der Waals surface area (Å²) in [5.41, 5.74) is 7.17. The average molecular weight is 311 g/mol. The fraction of sp³-hybridized carbons (Fsp3) is 0.647. The van der Waals surface area contributed by atoms with Gasteiger partial charge in [-0.25, -0.2) is 4.39 Å². The van der Waals surface area contributed by atoms with E-state index in [-0.39, 0.29) is 11.9 Å². The smallest absolute Gasteiger partial charge is 0.128 e. The zero-order valence-electron chi connectivity index (χ0n) is 12.5. The highest BCUT2D eigenvalue weighted by Crippen LogP contribution is 2.47. The van der Waals surface area contributed by atoms with E-state index in [0.29, 0.717) is 22.5 Å². The molecule has 1 unspecified atom stereocenters. The Morgan fingerprint density at radius 3 is 2.48 bits per heavy atom. The quantitative estimate of drug-likeness (QED) is 0.909. The van der Waals surface area contributed by atoms with Crippen molar-refractivity contribution in [3.63, 3.8) is 0 Å². The summed E-state index contributed by atoms with van der Waals surface area (Å²) in [7, 11) is 0. The first kappa shape index (κ1) is 15.3. The van der Waals surface area contributed by atoms with Crippen molar-refractivity contribution in [2.24, 2.45) is 11.1 Å². The van der Waals surface area contributed by atoms with Crippen molar-refractivity contribution < 1.29 is 4.39 Å². The van der Waals surface area contributed by atoms with E-state index in [0.717, 1.165) is 13.1 Å². The largest absolute Gasteiger partial charge is 0.329 e. The minimum absolute atomic E-state index is 0.0533. The number of hydrogen-bond donors (Lipinski definition) is 1. The highest BCUT2D eigenvalue weighted by atomic mass is 35.5. The fourth-order valence-electron chi connectivity index (χ4n) is 4.18. The first-order valence-corrected chi connectivity index (χ1v) is 8.40. The maximum atomic E-state index is 14.1. The SMILES string of the molecule is NCC(c1cc(Cl)ccc1F)N1CCC2(CCCC2)CC1. The van der Waals surface area contributed by atoms with Crippen molar-refractivity contribution in [3.8, 4) is 0 Å². The highest BCUT2D eigenvalue weighted by molar-refractivity contribution is 6.30. The molecule has 2 fully saturated rings. The van der Waals surface area contributed by atoms with E-state index < -0.39 is 0 Å². The summed E-state index contributed by atoms with van der Waals surface area (Å²) in [6.07, 6.45) is 7.96. The highest BCUT2D eigenvalue weighted by Gasteiger charge is 2.38. The van der Waals surface area contributed by atoms with Gasteiger partial charge in [-0.15, -0.1) is 0 Å². The lowest BCUT2D eigenvalue weighted by molar-refractivity contribution is 0.0768. The lowest BCUT2D eigenvalue weighted by Gasteiger charge is -2.42. The third-order valence-corrected chi connectivity index (χ3v) is 5.74. The lowest BCUT2D eigenvalue weighted by atomic mass is 9.76. The maximum Gasteiger partial charge on any atom is 0.128 e. The molecule has 1 aliphatic carbocycles. The fourth-order valence-corrected chi connectivity index (χ4v) is 4.36. The molecule has 0 amide bonds. The van der Waals surface area contributed by atoms with Gasteiger partial charge in [0.15, 0.2) is 0 Å². The first-order chi connectivity index (χ1) is 10.1. The number of nitrogens with zero attached hydrogens (tertiary/aromatic N) is 1. The molecule has 1 aromatic carbocycles. The zero-order chi connectivity index (χ0) is 14.9. The predicted molar refractivity (Wildman–Crippen MR) is 84.9 cm³/mol. The van der Waals surface area contributed by atoms with Gasteiger partial charge in [0.1, 0.15) is 5.82 Å². The summed E-state index contributed by atoms with van der Waals surface area (Å²) in [6, 6.07) is 4.72. The van der Waals surface area contributed by atoms with Crippen LogP contribution in [0.5, 0.6) is 0 Å². The Morgan fingerprint density at radius 1 is 1.19 bits per heavy atom. The Morgan fingerprint density at radius 2 is 1.86 bits per heavy atom. The van der Waals surface area contributed by atoms with Crippen LogP contribution in [-0.4, -0.2) is 24.5 Å². The van der Waals surface area contributed by atoms with Gasteiger partial charge in [-0.3, -0.25) is 4.90 Å². The molecule has 1 saturated heterocycles. The summed E-state index contributed by atoms with van der Waals surface area (Å²) >= 11 is 6.03. The van der Waals surface area contributed by atoms with Crippen LogP contribution in [0.1, 0.15) is 50.1 Å². The van der Waals surface area contributed by atoms with Crippen molar-refractivity contribution in [1.82, 2.24) is 4.90 Å². The van der Waals surface area contributed by atoms with Gasteiger partial charge in [0.25, 0.3) is 0 Å². The Labute approximate surface area is 131 Å². The molecule has 0 bridgehead atoms. The van der Waals surface area contributed by atoms with Crippen LogP contribution in [0.4, 0.5) is 4.39 Å². The number of piperidine rings is 1. The normalized spacial score (nSPS) is 23.6. The van der Waals surface area contributed by atoms with Crippen LogP contribution in [-0.2, 0) is 0 Å². The van der Waals surface area contributed by atoms with Crippen LogP contribution in [0, 0.1) is 11.2 Å². The number of rotatable bonds is 3. The Bertz CT molecular complexity index is 490. The van der Waals surface area contributed by atoms with Crippen molar-refractivity contribution >= 4 is 11.6 Å². The molecule has 2 N–H and O–H groups in total. The molecule has 2 aliphatic rings. The second-order valence-electron chi connectivity index (χ2n) is 6.66. The standard InChI is InChI=1S/C17H24ClFN2/c18-13-3-4-15(19)14(11-13)16(12-20)21-9-7-17(8-10-21)5-1-2-6-17/h3-4,11,16H,1-2,5-10,12,20H2. The van der Waals surface area contributed by atoms with E-state index in [1.807, 2.05) is 0 Å². The van der Waals surface area contributed by atoms with Gasteiger partial charge in [-0.05, 0) is 62.4 Å². The molecule has 1 saturated carbocycles. The van der Waals surface area contributed by atoms with Crippen molar-refractivity contribution in [3.05, 3.63) is 34.6 Å². The van der Waals surface area contributed by atoms with Crippen molar-refractivity contribution in [2.75, 3.05) is 19.6 Å². The Kier molecular flexibility index (Phi) is 4.53. The van der Waals surface area contributed by atoms with Crippen LogP contribution in [0.15, 0.2) is 18.2 Å². The molecular weight excluding hydrogens is 287 g/mol. The summed E-state index contributed by atoms with van der Waals surface area (Å²) in [4.78, 5) is 2.35. The molecule has 1 spiro atoms. The molecule has 1 aliphatic heterocycles. The third-order valence-electron chi connectivity index (χ3n) is 5.50. The van der Waals surface area contributed by atoms with Gasteiger partial charge in [0.05, 0.1) is 0 Å². The van der Waals surface area contributed by atoms with Gasteiger partial charge >= 0.3 is 0 Å². The number of likely N-dealkylation sites (tertiary alicyclic amines) is 1. The predicted octanol–water partition coefficient (Wildman–Crippen LogP) is 4.14. The first-order valence-electron chi connectivity index (χ1n) is 8.03. The molecule has 1 aromatic rings. The monoisotopic (exact) mass is 310 g/mol. The van der Waals surface area contributed by atoms with Gasteiger partial charge in [-0.2, -0.15) is 0 Å². The van der Waals surface area contributed by atoms with E-state index in [2.05, 4.69) is 4.90 Å². The second kappa shape index (κ2) is 6.23. The summed E-state index contributed by atoms with van der Waals surface area (Å²) in [5, 5.41) is 0.578. The minimum atomic E-state index is -0.198. The maximum absolute atomic E-state index is 14.1. The van der Waals surface area contributed by atoms with E-state index in [1.54, 1.807) is 12.1 Å². The van der Waals surface area contributed by atoms with Gasteiger partial charge in [0.2, 0.25) is 0 Å². The molecule has 1 heterocycles. The average Bonchev–Trinajstić information content (AvgIpc) is 2.94. The Hall–Kier alpha value is -0.640. The van der Waals surface area contributed by atoms with E-state index in [9.17, 15) is 4.39 Å². The van der Waals surface area contributed by atoms with Crippen molar-refractivity contribution in [2.45, 2.75) is 44.6 Å². The van der Waals surface area contributed by atoms with E-state index in [4.69, 9.17) is 17.3 Å². The van der Waals surface area contributed by atoms with Crippen molar-refractivity contribution in [1.29, 1.82) is 0 Å². The topological polar surface area (TPSA) is 29.3 Å². The lowest BCUT2D eigenvalue weighted by Crippen LogP contribution is -2.43. The summed E-state index contributed by atoms with van der Waals surface area (Å²) in [5.74, 6) is -0.198. The zero-order valence-corrected chi connectivity index (χ0v) is 13.2. The van der Waals surface area contributed by atoms with Crippen LogP contribution in [0.2, 0.25) is 5.02 Å². The summed E-state index contributed by atoms with van der Waals surface area (Å²) in [6.45, 7) is 2.48. The molecular formula is C17H24ClFN2. The molecule has 116 valence electrons. The molecule has 1 atom stereocenters. The number of hydrogen-bond acceptors (Lipinski definition) is 2. The van der Waals surface area contributed by atoms with Crippen LogP contribution >= 0.6 is 11.6 Å². The minimum Gasteiger partial charge on any atom is -0.329 e. The number of benzene rings is 1. The van der Waals surface area contributed by atoms with Gasteiger partial charge in [-0.1, -0.05) is 24.4 Å². The molecule has 0 aromatic heterocycles. The van der Waals surface area contributed by atoms with E-state index in [1.165, 1.54) is 44.6 Å².